The molecule has 0 aliphatic rings. The summed E-state index contributed by atoms with van der Waals surface area (Å²) in [6.45, 7) is 7.24. The van der Waals surface area contributed by atoms with E-state index in [2.05, 4.69) is 25.9 Å². The molecule has 1 unspecified atom stereocenters. The van der Waals surface area contributed by atoms with Crippen molar-refractivity contribution in [3.8, 4) is 5.75 Å². The van der Waals surface area contributed by atoms with Gasteiger partial charge in [-0.3, -0.25) is 4.79 Å². The molecule has 1 aromatic heterocycles. The number of hydrogen-bond acceptors (Lipinski definition) is 4. The summed E-state index contributed by atoms with van der Waals surface area (Å²) >= 11 is 0. The van der Waals surface area contributed by atoms with Gasteiger partial charge < -0.3 is 20.7 Å². The molecule has 0 bridgehead atoms. The van der Waals surface area contributed by atoms with E-state index in [0.29, 0.717) is 37.2 Å². The van der Waals surface area contributed by atoms with Crippen molar-refractivity contribution in [3.05, 3.63) is 54.0 Å². The van der Waals surface area contributed by atoms with Crippen molar-refractivity contribution >= 4 is 41.7 Å². The summed E-state index contributed by atoms with van der Waals surface area (Å²) in [6, 6.07) is 9.67. The number of amides is 1. The first-order valence-corrected chi connectivity index (χ1v) is 9.63. The molecule has 0 aliphatic carbocycles. The number of benzene rings is 1. The van der Waals surface area contributed by atoms with Gasteiger partial charge in [0.15, 0.2) is 5.96 Å². The van der Waals surface area contributed by atoms with Crippen molar-refractivity contribution in [2.75, 3.05) is 25.0 Å². The molecule has 30 heavy (non-hydrogen) atoms. The van der Waals surface area contributed by atoms with Gasteiger partial charge in [-0.05, 0) is 44.5 Å². The molecule has 0 fully saturated rings. The van der Waals surface area contributed by atoms with E-state index in [1.165, 1.54) is 12.1 Å². The first-order chi connectivity index (χ1) is 14.0. The largest absolute Gasteiger partial charge is 0.489 e. The van der Waals surface area contributed by atoms with Crippen LogP contribution in [0.1, 0.15) is 25.8 Å². The number of carbonyl (C=O) groups excluding carboxylic acids is 1. The summed E-state index contributed by atoms with van der Waals surface area (Å²) in [5.41, 5.74) is 1.03. The lowest BCUT2D eigenvalue weighted by Crippen LogP contribution is -2.39. The number of nitrogens with one attached hydrogen (secondary N) is 3. The fourth-order valence-corrected chi connectivity index (χ4v) is 2.41. The molecule has 1 amide bonds. The van der Waals surface area contributed by atoms with E-state index in [1.807, 2.05) is 26.8 Å². The Morgan fingerprint density at radius 2 is 2.07 bits per heavy atom. The molecule has 0 saturated carbocycles. The molecule has 3 N–H and O–H groups in total. The number of carbonyl (C=O) groups is 1. The van der Waals surface area contributed by atoms with Gasteiger partial charge >= 0.3 is 0 Å². The first kappa shape index (κ1) is 25.6. The average molecular weight is 529 g/mol. The van der Waals surface area contributed by atoms with E-state index in [0.717, 1.165) is 5.56 Å². The zero-order chi connectivity index (χ0) is 21.1. The van der Waals surface area contributed by atoms with Gasteiger partial charge in [0.2, 0.25) is 5.91 Å². The molecule has 0 saturated heterocycles. The number of hydrogen-bond donors (Lipinski definition) is 3. The number of pyridine rings is 1. The summed E-state index contributed by atoms with van der Waals surface area (Å²) in [5.74, 6) is 1.11. The number of aryl methyl sites for hydroxylation is 1. The van der Waals surface area contributed by atoms with Crippen LogP contribution in [-0.2, 0) is 4.79 Å². The van der Waals surface area contributed by atoms with E-state index in [-0.39, 0.29) is 48.2 Å². The minimum Gasteiger partial charge on any atom is -0.489 e. The Kier molecular flexibility index (Phi) is 11.7. The molecular weight excluding hydrogens is 500 g/mol. The van der Waals surface area contributed by atoms with Gasteiger partial charge in [-0.2, -0.15) is 0 Å². The Bertz CT molecular complexity index is 817. The number of rotatable bonds is 9. The molecule has 1 aromatic carbocycles. The second-order valence-corrected chi connectivity index (χ2v) is 6.55. The van der Waals surface area contributed by atoms with Gasteiger partial charge in [-0.25, -0.2) is 14.4 Å². The highest BCUT2D eigenvalue weighted by atomic mass is 127. The van der Waals surface area contributed by atoms with Crippen molar-refractivity contribution < 1.29 is 13.9 Å². The molecule has 1 atom stereocenters. The number of aromatic nitrogens is 1. The summed E-state index contributed by atoms with van der Waals surface area (Å²) in [6.07, 6.45) is 1.75. The second kappa shape index (κ2) is 13.7. The van der Waals surface area contributed by atoms with Crippen LogP contribution in [0.3, 0.4) is 0 Å². The van der Waals surface area contributed by atoms with Gasteiger partial charge in [0.1, 0.15) is 23.5 Å². The third-order valence-corrected chi connectivity index (χ3v) is 3.81. The van der Waals surface area contributed by atoms with Crippen LogP contribution in [0.25, 0.3) is 0 Å². The molecule has 2 rings (SSSR count). The van der Waals surface area contributed by atoms with Crippen molar-refractivity contribution in [1.82, 2.24) is 15.6 Å². The zero-order valence-corrected chi connectivity index (χ0v) is 19.8. The van der Waals surface area contributed by atoms with Crippen molar-refractivity contribution in [2.24, 2.45) is 4.99 Å². The number of nitrogens with zero attached hydrogens (tertiary/aromatic N) is 2. The summed E-state index contributed by atoms with van der Waals surface area (Å²) in [5, 5.41) is 8.99. The third kappa shape index (κ3) is 9.86. The lowest BCUT2D eigenvalue weighted by atomic mass is 10.3. The highest BCUT2D eigenvalue weighted by Crippen LogP contribution is 2.13. The van der Waals surface area contributed by atoms with E-state index >= 15 is 0 Å². The summed E-state index contributed by atoms with van der Waals surface area (Å²) in [4.78, 5) is 20.6. The van der Waals surface area contributed by atoms with Crippen LogP contribution in [0.2, 0.25) is 0 Å². The molecule has 0 spiro atoms. The minimum absolute atomic E-state index is 0. The zero-order valence-electron chi connectivity index (χ0n) is 17.4. The SMILES string of the molecule is CCNC(=NCC(C)Oc1cccc(F)c1)NCCC(=O)Nc1ccc(C)cn1.I. The normalized spacial score (nSPS) is 11.8. The molecule has 0 radical (unpaired) electrons. The molecule has 0 aliphatic heterocycles. The van der Waals surface area contributed by atoms with Crippen molar-refractivity contribution in [2.45, 2.75) is 33.3 Å². The number of aliphatic imine (C=N–C) groups is 1. The average Bonchev–Trinajstić information content (AvgIpc) is 2.68. The van der Waals surface area contributed by atoms with Gasteiger partial charge in [0.25, 0.3) is 0 Å². The maximum absolute atomic E-state index is 13.2. The number of halogens is 2. The predicted molar refractivity (Wildman–Crippen MR) is 128 cm³/mol. The molecule has 7 nitrogen and oxygen atoms in total. The van der Waals surface area contributed by atoms with Crippen LogP contribution in [0.5, 0.6) is 5.75 Å². The Hall–Kier alpha value is -2.43. The lowest BCUT2D eigenvalue weighted by molar-refractivity contribution is -0.116. The highest BCUT2D eigenvalue weighted by Gasteiger charge is 2.07. The van der Waals surface area contributed by atoms with Crippen LogP contribution >= 0.6 is 24.0 Å². The van der Waals surface area contributed by atoms with E-state index in [1.54, 1.807) is 24.4 Å². The number of ether oxygens (including phenoxy) is 1. The summed E-state index contributed by atoms with van der Waals surface area (Å²) in [7, 11) is 0. The molecule has 1 heterocycles. The smallest absolute Gasteiger partial charge is 0.227 e. The second-order valence-electron chi connectivity index (χ2n) is 6.55. The van der Waals surface area contributed by atoms with Crippen molar-refractivity contribution in [3.63, 3.8) is 0 Å². The Morgan fingerprint density at radius 1 is 1.27 bits per heavy atom. The molecular formula is C21H29FIN5O2. The third-order valence-electron chi connectivity index (χ3n) is 3.81. The Balaban J connectivity index is 0.00000450. The standard InChI is InChI=1S/C21H28FN5O2.HI/c1-4-23-21(26-14-16(3)29-18-7-5-6-17(22)12-18)24-11-10-20(28)27-19-9-8-15(2)13-25-19;/h5-9,12-13,16H,4,10-11,14H2,1-3H3,(H2,23,24,26)(H,25,27,28);1H. The van der Waals surface area contributed by atoms with Crippen molar-refractivity contribution in [1.29, 1.82) is 0 Å². The van der Waals surface area contributed by atoms with Crippen LogP contribution in [0.4, 0.5) is 10.2 Å². The number of anilines is 1. The van der Waals surface area contributed by atoms with E-state index < -0.39 is 0 Å². The van der Waals surface area contributed by atoms with Gasteiger partial charge in [-0.1, -0.05) is 12.1 Å². The highest BCUT2D eigenvalue weighted by molar-refractivity contribution is 14.0. The lowest BCUT2D eigenvalue weighted by Gasteiger charge is -2.15. The van der Waals surface area contributed by atoms with Crippen LogP contribution < -0.4 is 20.7 Å². The topological polar surface area (TPSA) is 87.6 Å². The Labute approximate surface area is 193 Å². The van der Waals surface area contributed by atoms with E-state index in [4.69, 9.17) is 4.74 Å². The number of guanidine groups is 1. The van der Waals surface area contributed by atoms with Gasteiger partial charge in [0.05, 0.1) is 6.54 Å². The first-order valence-electron chi connectivity index (χ1n) is 9.63. The molecule has 2 aromatic rings. The quantitative estimate of drug-likeness (QED) is 0.263. The van der Waals surface area contributed by atoms with Crippen LogP contribution in [0.15, 0.2) is 47.6 Å². The molecule has 9 heteroatoms. The maximum Gasteiger partial charge on any atom is 0.227 e. The molecule has 164 valence electrons. The minimum atomic E-state index is -0.340. The fourth-order valence-electron chi connectivity index (χ4n) is 2.41. The fraction of sp³-hybridized carbons (Fsp3) is 0.381. The van der Waals surface area contributed by atoms with Crippen LogP contribution in [-0.4, -0.2) is 42.6 Å². The van der Waals surface area contributed by atoms with Crippen LogP contribution in [0, 0.1) is 12.7 Å². The Morgan fingerprint density at radius 3 is 2.73 bits per heavy atom. The van der Waals surface area contributed by atoms with Gasteiger partial charge in [-0.15, -0.1) is 24.0 Å². The van der Waals surface area contributed by atoms with Gasteiger partial charge in [0, 0.05) is 31.8 Å². The maximum atomic E-state index is 13.2. The predicted octanol–water partition coefficient (Wildman–Crippen LogP) is 3.50. The monoisotopic (exact) mass is 529 g/mol. The van der Waals surface area contributed by atoms with E-state index in [9.17, 15) is 9.18 Å². The summed E-state index contributed by atoms with van der Waals surface area (Å²) < 4.78 is 18.9.